The van der Waals surface area contributed by atoms with Gasteiger partial charge in [0.15, 0.2) is 0 Å². The molecular weight excluding hydrogens is 291 g/mol. The van der Waals surface area contributed by atoms with Crippen LogP contribution in [0.5, 0.6) is 0 Å². The van der Waals surface area contributed by atoms with Gasteiger partial charge in [0.2, 0.25) is 0 Å². The van der Waals surface area contributed by atoms with E-state index < -0.39 is 0 Å². The molecule has 0 amide bonds. The monoisotopic (exact) mass is 312 g/mol. The number of quaternary nitrogens is 2. The molecule has 0 radical (unpaired) electrons. The first kappa shape index (κ1) is 18.9. The molecule has 20 heavy (non-hydrogen) atoms. The Morgan fingerprint density at radius 1 is 0.600 bits per heavy atom. The lowest BCUT2D eigenvalue weighted by atomic mass is 9.97. The number of rotatable bonds is 5. The molecule has 0 spiro atoms. The summed E-state index contributed by atoms with van der Waals surface area (Å²) in [5, 5.41) is 0. The lowest BCUT2D eigenvalue weighted by Crippen LogP contribution is -3.00. The van der Waals surface area contributed by atoms with Gasteiger partial charge < -0.3 is 36.3 Å². The average Bonchev–Trinajstić information content (AvgIpc) is 2.46. The molecule has 0 saturated heterocycles. The van der Waals surface area contributed by atoms with E-state index in [1.165, 1.54) is 11.1 Å². The fraction of sp³-hybridized carbons (Fsp3) is 0.250. The van der Waals surface area contributed by atoms with Crippen LogP contribution in [0, 0.1) is 0 Å². The van der Waals surface area contributed by atoms with Crippen LogP contribution in [0.4, 0.5) is 0 Å². The average molecular weight is 313 g/mol. The Morgan fingerprint density at radius 3 is 1.20 bits per heavy atom. The lowest BCUT2D eigenvalue weighted by Gasteiger charge is -2.12. The van der Waals surface area contributed by atoms with E-state index in [1.807, 2.05) is 12.1 Å². The molecule has 2 nitrogen and oxygen atoms in total. The van der Waals surface area contributed by atoms with Gasteiger partial charge in [-0.25, -0.2) is 0 Å². The van der Waals surface area contributed by atoms with Gasteiger partial charge in [0.25, 0.3) is 0 Å². The Hall–Kier alpha value is -1.06. The van der Waals surface area contributed by atoms with Crippen molar-refractivity contribution in [2.24, 2.45) is 0 Å². The molecule has 0 saturated carbocycles. The summed E-state index contributed by atoms with van der Waals surface area (Å²) in [5.74, 6) is 0. The molecule has 110 valence electrons. The number of hydrogen-bond acceptors (Lipinski definition) is 0. The van der Waals surface area contributed by atoms with Crippen molar-refractivity contribution in [1.29, 1.82) is 0 Å². The molecule has 6 N–H and O–H groups in total. The minimum absolute atomic E-state index is 0. The molecule has 0 heterocycles. The van der Waals surface area contributed by atoms with Gasteiger partial charge in [0.05, 0.1) is 0 Å². The molecule has 0 unspecified atom stereocenters. The Bertz CT molecular complexity index is 417. The minimum Gasteiger partial charge on any atom is -1.00 e. The smallest absolute Gasteiger partial charge is 0.110 e. The van der Waals surface area contributed by atoms with E-state index in [0.29, 0.717) is 12.1 Å². The first-order valence-electron chi connectivity index (χ1n) is 6.53. The van der Waals surface area contributed by atoms with Crippen molar-refractivity contribution in [3.05, 3.63) is 71.8 Å². The van der Waals surface area contributed by atoms with Crippen LogP contribution in [0.2, 0.25) is 0 Å². The topological polar surface area (TPSA) is 55.3 Å². The molecule has 0 aromatic heterocycles. The standard InChI is InChI=1S/C16H20N2.2ClH/c17-15(13-7-3-1-4-8-13)11-12-16(18)14-9-5-2-6-10-14;;/h1-10,15-16H,11-12,17-18H2;2*1H/t15-,16-;;/m1../s1. The second-order valence-corrected chi connectivity index (χ2v) is 4.79. The van der Waals surface area contributed by atoms with Crippen LogP contribution >= 0.6 is 0 Å². The summed E-state index contributed by atoms with van der Waals surface area (Å²) in [6, 6.07) is 21.7. The van der Waals surface area contributed by atoms with E-state index in [4.69, 9.17) is 0 Å². The van der Waals surface area contributed by atoms with Gasteiger partial charge in [-0.15, -0.1) is 0 Å². The SMILES string of the molecule is [Cl-].[Cl-].[NH3+][C@H](CC[C@@H]([NH3+])c1ccccc1)c1ccccc1. The normalized spacial score (nSPS) is 12.7. The number of halogens is 2. The van der Waals surface area contributed by atoms with Crippen LogP contribution in [-0.4, -0.2) is 0 Å². The van der Waals surface area contributed by atoms with Gasteiger partial charge in [0, 0.05) is 24.0 Å². The summed E-state index contributed by atoms with van der Waals surface area (Å²) < 4.78 is 0. The van der Waals surface area contributed by atoms with Crippen molar-refractivity contribution in [2.45, 2.75) is 24.9 Å². The van der Waals surface area contributed by atoms with Crippen LogP contribution in [0.3, 0.4) is 0 Å². The van der Waals surface area contributed by atoms with Gasteiger partial charge in [-0.3, -0.25) is 0 Å². The minimum atomic E-state index is 0. The van der Waals surface area contributed by atoms with E-state index in [2.05, 4.69) is 60.0 Å². The van der Waals surface area contributed by atoms with E-state index in [9.17, 15) is 0 Å². The molecule has 0 fully saturated rings. The van der Waals surface area contributed by atoms with Crippen molar-refractivity contribution < 1.29 is 36.3 Å². The molecule has 2 atom stereocenters. The molecule has 2 aromatic rings. The predicted molar refractivity (Wildman–Crippen MR) is 73.4 cm³/mol. The zero-order valence-electron chi connectivity index (χ0n) is 11.5. The quantitative estimate of drug-likeness (QED) is 0.562. The maximum Gasteiger partial charge on any atom is 0.110 e. The van der Waals surface area contributed by atoms with Gasteiger partial charge in [0.1, 0.15) is 12.1 Å². The van der Waals surface area contributed by atoms with Gasteiger partial charge in [-0.1, -0.05) is 60.7 Å². The predicted octanol–water partition coefficient (Wildman–Crippen LogP) is -4.26. The first-order valence-corrected chi connectivity index (χ1v) is 6.53. The third kappa shape index (κ3) is 5.51. The van der Waals surface area contributed by atoms with E-state index >= 15 is 0 Å². The van der Waals surface area contributed by atoms with Crippen LogP contribution in [-0.2, 0) is 0 Å². The van der Waals surface area contributed by atoms with Crippen molar-refractivity contribution in [3.63, 3.8) is 0 Å². The number of benzene rings is 2. The van der Waals surface area contributed by atoms with E-state index in [0.717, 1.165) is 12.8 Å². The maximum atomic E-state index is 4.25. The summed E-state index contributed by atoms with van der Waals surface area (Å²) >= 11 is 0. The highest BCUT2D eigenvalue weighted by Gasteiger charge is 2.14. The van der Waals surface area contributed by atoms with E-state index in [1.54, 1.807) is 0 Å². The summed E-state index contributed by atoms with van der Waals surface area (Å²) in [7, 11) is 0. The summed E-state index contributed by atoms with van der Waals surface area (Å²) in [4.78, 5) is 0. The Balaban J connectivity index is 0.00000180. The molecule has 0 aliphatic rings. The van der Waals surface area contributed by atoms with Crippen molar-refractivity contribution in [1.82, 2.24) is 0 Å². The summed E-state index contributed by atoms with van der Waals surface area (Å²) in [6.45, 7) is 0. The summed E-state index contributed by atoms with van der Waals surface area (Å²) in [6.07, 6.45) is 2.15. The number of hydrogen-bond donors (Lipinski definition) is 2. The Morgan fingerprint density at radius 2 is 0.900 bits per heavy atom. The fourth-order valence-corrected chi connectivity index (χ4v) is 2.19. The highest BCUT2D eigenvalue weighted by Crippen LogP contribution is 2.19. The van der Waals surface area contributed by atoms with Crippen LogP contribution < -0.4 is 36.3 Å². The van der Waals surface area contributed by atoms with Crippen LogP contribution in [0.25, 0.3) is 0 Å². The molecule has 2 rings (SSSR count). The van der Waals surface area contributed by atoms with Crippen molar-refractivity contribution >= 4 is 0 Å². The third-order valence-corrected chi connectivity index (χ3v) is 3.41. The zero-order chi connectivity index (χ0) is 12.8. The van der Waals surface area contributed by atoms with Gasteiger partial charge in [-0.05, 0) is 0 Å². The van der Waals surface area contributed by atoms with Gasteiger partial charge in [-0.2, -0.15) is 0 Å². The third-order valence-electron chi connectivity index (χ3n) is 3.41. The zero-order valence-corrected chi connectivity index (χ0v) is 13.0. The first-order chi connectivity index (χ1) is 8.77. The molecule has 2 aromatic carbocycles. The van der Waals surface area contributed by atoms with E-state index in [-0.39, 0.29) is 24.8 Å². The van der Waals surface area contributed by atoms with Crippen LogP contribution in [0.15, 0.2) is 60.7 Å². The molecular formula is C16H22Cl2N2. The second-order valence-electron chi connectivity index (χ2n) is 4.79. The Labute approximate surface area is 133 Å². The maximum absolute atomic E-state index is 4.25. The Kier molecular flexibility index (Phi) is 9.26. The molecule has 0 aliphatic heterocycles. The van der Waals surface area contributed by atoms with Crippen molar-refractivity contribution in [3.8, 4) is 0 Å². The molecule has 4 heteroatoms. The molecule has 0 aliphatic carbocycles. The van der Waals surface area contributed by atoms with Crippen molar-refractivity contribution in [2.75, 3.05) is 0 Å². The van der Waals surface area contributed by atoms with Gasteiger partial charge >= 0.3 is 0 Å². The van der Waals surface area contributed by atoms with Crippen LogP contribution in [0.1, 0.15) is 36.1 Å². The summed E-state index contributed by atoms with van der Waals surface area (Å²) in [5.41, 5.74) is 11.1. The molecule has 0 bridgehead atoms. The highest BCUT2D eigenvalue weighted by atomic mass is 35.5. The lowest BCUT2D eigenvalue weighted by molar-refractivity contribution is -0.447. The second kappa shape index (κ2) is 9.78. The highest BCUT2D eigenvalue weighted by molar-refractivity contribution is 5.18. The fourth-order valence-electron chi connectivity index (χ4n) is 2.19. The largest absolute Gasteiger partial charge is 1.00 e.